The summed E-state index contributed by atoms with van der Waals surface area (Å²) in [6.07, 6.45) is 4.27. The number of halogens is 1. The summed E-state index contributed by atoms with van der Waals surface area (Å²) in [5, 5.41) is 11.7. The lowest BCUT2D eigenvalue weighted by molar-refractivity contribution is -0.119. The molecule has 2 atom stereocenters. The van der Waals surface area contributed by atoms with E-state index in [1.54, 1.807) is 6.33 Å². The van der Waals surface area contributed by atoms with Crippen LogP contribution < -0.4 is 11.1 Å². The molecule has 3 N–H and O–H groups in total. The van der Waals surface area contributed by atoms with Crippen molar-refractivity contribution in [1.29, 1.82) is 0 Å². The third-order valence-corrected chi connectivity index (χ3v) is 4.90. The Kier molecular flexibility index (Phi) is 6.04. The lowest BCUT2D eigenvalue weighted by atomic mass is 10.1. The van der Waals surface area contributed by atoms with E-state index in [2.05, 4.69) is 15.5 Å². The van der Waals surface area contributed by atoms with Crippen molar-refractivity contribution < 1.29 is 4.79 Å². The topological polar surface area (TPSA) is 85.8 Å². The number of benzene rings is 1. The fourth-order valence-corrected chi connectivity index (χ4v) is 3.34. The molecule has 2 aromatic rings. The van der Waals surface area contributed by atoms with Crippen LogP contribution in [-0.4, -0.2) is 26.7 Å². The zero-order chi connectivity index (χ0) is 15.5. The number of hydrogen-bond acceptors (Lipinski definition) is 5. The van der Waals surface area contributed by atoms with E-state index in [9.17, 15) is 4.79 Å². The number of aryl methyl sites for hydroxylation is 1. The highest BCUT2D eigenvalue weighted by Crippen LogP contribution is 2.28. The van der Waals surface area contributed by atoms with E-state index in [-0.39, 0.29) is 30.3 Å². The Morgan fingerprint density at radius 3 is 2.65 bits per heavy atom. The van der Waals surface area contributed by atoms with Gasteiger partial charge in [0.05, 0.1) is 0 Å². The lowest BCUT2D eigenvalue weighted by Gasteiger charge is -2.11. The summed E-state index contributed by atoms with van der Waals surface area (Å²) in [5.41, 5.74) is 6.67. The predicted octanol–water partition coefficient (Wildman–Crippen LogP) is 2.45. The van der Waals surface area contributed by atoms with Crippen molar-refractivity contribution in [3.63, 3.8) is 0 Å². The van der Waals surface area contributed by atoms with Crippen molar-refractivity contribution in [3.8, 4) is 0 Å². The zero-order valence-electron chi connectivity index (χ0n) is 12.8. The van der Waals surface area contributed by atoms with E-state index < -0.39 is 0 Å². The van der Waals surface area contributed by atoms with E-state index >= 15 is 0 Å². The van der Waals surface area contributed by atoms with Crippen LogP contribution in [0.5, 0.6) is 0 Å². The molecule has 0 saturated heterocycles. The number of hydrogen-bond donors (Lipinski definition) is 2. The minimum absolute atomic E-state index is 0. The third-order valence-electron chi connectivity index (χ3n) is 3.84. The van der Waals surface area contributed by atoms with E-state index in [1.807, 2.05) is 35.9 Å². The molecule has 23 heavy (non-hydrogen) atoms. The van der Waals surface area contributed by atoms with Crippen LogP contribution >= 0.6 is 24.2 Å². The molecule has 1 saturated carbocycles. The van der Waals surface area contributed by atoms with Gasteiger partial charge in [-0.15, -0.1) is 22.6 Å². The smallest absolute Gasteiger partial charge is 0.227 e. The minimum Gasteiger partial charge on any atom is -0.328 e. The molecule has 124 valence electrons. The van der Waals surface area contributed by atoms with Gasteiger partial charge in [0.15, 0.2) is 5.16 Å². The summed E-state index contributed by atoms with van der Waals surface area (Å²) in [6, 6.07) is 7.92. The first-order chi connectivity index (χ1) is 10.6. The van der Waals surface area contributed by atoms with Crippen LogP contribution in [0, 0.1) is 5.92 Å². The summed E-state index contributed by atoms with van der Waals surface area (Å²) in [6.45, 7) is 0. The first-order valence-corrected chi connectivity index (χ1v) is 8.12. The second kappa shape index (κ2) is 7.81. The normalized spacial score (nSPS) is 20.1. The molecule has 1 amide bonds. The molecule has 1 heterocycles. The molecule has 2 unspecified atom stereocenters. The van der Waals surface area contributed by atoms with Crippen LogP contribution in [0.3, 0.4) is 0 Å². The summed E-state index contributed by atoms with van der Waals surface area (Å²) >= 11 is 1.53. The van der Waals surface area contributed by atoms with Gasteiger partial charge in [0.2, 0.25) is 5.91 Å². The number of carbonyl (C=O) groups excluding carboxylic acids is 1. The molecular weight excluding hydrogens is 334 g/mol. The van der Waals surface area contributed by atoms with Gasteiger partial charge in [-0.2, -0.15) is 0 Å². The molecule has 6 nitrogen and oxygen atoms in total. The van der Waals surface area contributed by atoms with Gasteiger partial charge in [-0.25, -0.2) is 0 Å². The van der Waals surface area contributed by atoms with Gasteiger partial charge in [-0.05, 0) is 55.3 Å². The Hall–Kier alpha value is -1.57. The number of nitrogens with two attached hydrogens (primary N) is 1. The van der Waals surface area contributed by atoms with Crippen molar-refractivity contribution in [2.24, 2.45) is 18.7 Å². The number of aromatic nitrogens is 3. The molecule has 0 bridgehead atoms. The van der Waals surface area contributed by atoms with Gasteiger partial charge in [0.1, 0.15) is 6.33 Å². The largest absolute Gasteiger partial charge is 0.328 e. The van der Waals surface area contributed by atoms with Crippen LogP contribution in [-0.2, 0) is 11.8 Å². The maximum Gasteiger partial charge on any atom is 0.227 e. The molecule has 0 spiro atoms. The molecule has 3 rings (SSSR count). The maximum absolute atomic E-state index is 12.2. The fraction of sp³-hybridized carbons (Fsp3) is 0.400. The maximum atomic E-state index is 12.2. The van der Waals surface area contributed by atoms with E-state index in [0.717, 1.165) is 35.0 Å². The molecule has 1 aromatic carbocycles. The molecule has 0 aliphatic heterocycles. The molecule has 0 radical (unpaired) electrons. The van der Waals surface area contributed by atoms with E-state index in [1.165, 1.54) is 11.8 Å². The minimum atomic E-state index is 0. The van der Waals surface area contributed by atoms with Gasteiger partial charge in [-0.1, -0.05) is 0 Å². The average molecular weight is 354 g/mol. The lowest BCUT2D eigenvalue weighted by Crippen LogP contribution is -2.23. The fourth-order valence-electron chi connectivity index (χ4n) is 2.58. The quantitative estimate of drug-likeness (QED) is 0.881. The van der Waals surface area contributed by atoms with Gasteiger partial charge in [0.25, 0.3) is 0 Å². The second-order valence-electron chi connectivity index (χ2n) is 5.61. The number of carbonyl (C=O) groups is 1. The highest BCUT2D eigenvalue weighted by molar-refractivity contribution is 7.99. The molecule has 1 fully saturated rings. The summed E-state index contributed by atoms with van der Waals surface area (Å²) < 4.78 is 1.86. The van der Waals surface area contributed by atoms with Crippen molar-refractivity contribution in [1.82, 2.24) is 14.8 Å². The van der Waals surface area contributed by atoms with Gasteiger partial charge in [-0.3, -0.25) is 4.79 Å². The van der Waals surface area contributed by atoms with Crippen LogP contribution in [0.1, 0.15) is 19.3 Å². The number of nitrogens with one attached hydrogen (secondary N) is 1. The Morgan fingerprint density at radius 1 is 1.35 bits per heavy atom. The number of nitrogens with zero attached hydrogens (tertiary/aromatic N) is 3. The van der Waals surface area contributed by atoms with E-state index in [0.29, 0.717) is 0 Å². The van der Waals surface area contributed by atoms with E-state index in [4.69, 9.17) is 5.73 Å². The molecule has 1 aromatic heterocycles. The first-order valence-electron chi connectivity index (χ1n) is 7.30. The van der Waals surface area contributed by atoms with Crippen LogP contribution in [0.25, 0.3) is 0 Å². The molecular formula is C15H20ClN5OS. The van der Waals surface area contributed by atoms with Crippen molar-refractivity contribution in [3.05, 3.63) is 30.6 Å². The van der Waals surface area contributed by atoms with Gasteiger partial charge in [0, 0.05) is 29.6 Å². The van der Waals surface area contributed by atoms with Gasteiger partial charge < -0.3 is 15.6 Å². The van der Waals surface area contributed by atoms with Crippen LogP contribution in [0.4, 0.5) is 5.69 Å². The van der Waals surface area contributed by atoms with Crippen molar-refractivity contribution in [2.45, 2.75) is 35.4 Å². The SMILES string of the molecule is Cl.Cn1cnnc1Sc1ccc(NC(=O)C2CCC(N)C2)cc1. The number of amides is 1. The van der Waals surface area contributed by atoms with Crippen molar-refractivity contribution in [2.75, 3.05) is 5.32 Å². The third kappa shape index (κ3) is 4.46. The summed E-state index contributed by atoms with van der Waals surface area (Å²) in [4.78, 5) is 13.2. The average Bonchev–Trinajstić information content (AvgIpc) is 3.10. The summed E-state index contributed by atoms with van der Waals surface area (Å²) in [7, 11) is 1.91. The molecule has 1 aliphatic carbocycles. The Morgan fingerprint density at radius 2 is 2.09 bits per heavy atom. The Labute approximate surface area is 145 Å². The van der Waals surface area contributed by atoms with Gasteiger partial charge >= 0.3 is 0 Å². The molecule has 8 heteroatoms. The number of rotatable bonds is 4. The molecule has 1 aliphatic rings. The summed E-state index contributed by atoms with van der Waals surface area (Å²) in [5.74, 6) is 0.115. The predicted molar refractivity (Wildman–Crippen MR) is 92.8 cm³/mol. The second-order valence-corrected chi connectivity index (χ2v) is 6.65. The first kappa shape index (κ1) is 17.8. The number of anilines is 1. The zero-order valence-corrected chi connectivity index (χ0v) is 14.4. The van der Waals surface area contributed by atoms with Crippen molar-refractivity contribution >= 4 is 35.8 Å². The standard InChI is InChI=1S/C15H19N5OS.ClH/c1-20-9-17-19-15(20)22-13-6-4-12(5-7-13)18-14(21)10-2-3-11(16)8-10;/h4-7,9-11H,2-3,8,16H2,1H3,(H,18,21);1H. The Bertz CT molecular complexity index is 660. The monoisotopic (exact) mass is 353 g/mol. The Balaban J connectivity index is 0.00000192. The van der Waals surface area contributed by atoms with Crippen LogP contribution in [0.15, 0.2) is 40.6 Å². The highest BCUT2D eigenvalue weighted by atomic mass is 35.5. The van der Waals surface area contributed by atoms with Crippen LogP contribution in [0.2, 0.25) is 0 Å². The highest BCUT2D eigenvalue weighted by Gasteiger charge is 2.27.